The molecule has 6 heteroatoms. The third-order valence-electron chi connectivity index (χ3n) is 5.00. The number of carbonyl (C=O) groups is 1. The highest BCUT2D eigenvalue weighted by molar-refractivity contribution is 7.99. The second kappa shape index (κ2) is 8.71. The molecule has 2 atom stereocenters. The van der Waals surface area contributed by atoms with Gasteiger partial charge in [0.15, 0.2) is 11.0 Å². The Labute approximate surface area is 160 Å². The SMILES string of the molecule is CCCn1c(SCC(=O)N2[C@@H](C)CCC[C@@H]2C)nnc1-c1ccccc1. The van der Waals surface area contributed by atoms with Gasteiger partial charge in [0.1, 0.15) is 0 Å². The van der Waals surface area contributed by atoms with E-state index < -0.39 is 0 Å². The van der Waals surface area contributed by atoms with Gasteiger partial charge in [0.05, 0.1) is 5.75 Å². The Morgan fingerprint density at radius 2 is 1.85 bits per heavy atom. The fourth-order valence-corrected chi connectivity index (χ4v) is 4.57. The Morgan fingerprint density at radius 1 is 1.15 bits per heavy atom. The van der Waals surface area contributed by atoms with Crippen molar-refractivity contribution in [2.45, 2.75) is 70.2 Å². The van der Waals surface area contributed by atoms with Gasteiger partial charge in [0.25, 0.3) is 0 Å². The summed E-state index contributed by atoms with van der Waals surface area (Å²) in [5, 5.41) is 9.59. The first kappa shape index (κ1) is 19.0. The maximum atomic E-state index is 12.8. The van der Waals surface area contributed by atoms with Crippen LogP contribution in [0.1, 0.15) is 46.5 Å². The van der Waals surface area contributed by atoms with E-state index in [4.69, 9.17) is 0 Å². The summed E-state index contributed by atoms with van der Waals surface area (Å²) in [5.74, 6) is 1.51. The molecule has 5 nitrogen and oxygen atoms in total. The van der Waals surface area contributed by atoms with Crippen molar-refractivity contribution in [3.05, 3.63) is 30.3 Å². The molecule has 0 saturated carbocycles. The van der Waals surface area contributed by atoms with Crippen molar-refractivity contribution in [3.63, 3.8) is 0 Å². The first-order valence-electron chi connectivity index (χ1n) is 9.54. The quantitative estimate of drug-likeness (QED) is 0.712. The van der Waals surface area contributed by atoms with Crippen LogP contribution in [0.2, 0.25) is 0 Å². The molecule has 1 saturated heterocycles. The number of nitrogens with zero attached hydrogens (tertiary/aromatic N) is 4. The van der Waals surface area contributed by atoms with Crippen LogP contribution in [0.5, 0.6) is 0 Å². The van der Waals surface area contributed by atoms with Gasteiger partial charge < -0.3 is 9.47 Å². The molecule has 0 spiro atoms. The predicted molar refractivity (Wildman–Crippen MR) is 106 cm³/mol. The lowest BCUT2D eigenvalue weighted by Crippen LogP contribution is -2.48. The highest BCUT2D eigenvalue weighted by atomic mass is 32.2. The monoisotopic (exact) mass is 372 g/mol. The molecule has 0 aliphatic carbocycles. The topological polar surface area (TPSA) is 51.0 Å². The van der Waals surface area contributed by atoms with Crippen LogP contribution in [-0.4, -0.2) is 43.4 Å². The number of thioether (sulfide) groups is 1. The van der Waals surface area contributed by atoms with Crippen LogP contribution in [-0.2, 0) is 11.3 Å². The van der Waals surface area contributed by atoms with E-state index in [9.17, 15) is 4.79 Å². The minimum absolute atomic E-state index is 0.210. The van der Waals surface area contributed by atoms with E-state index in [0.717, 1.165) is 42.4 Å². The highest BCUT2D eigenvalue weighted by Gasteiger charge is 2.29. The Hall–Kier alpha value is -1.82. The van der Waals surface area contributed by atoms with Crippen molar-refractivity contribution in [2.75, 3.05) is 5.75 Å². The summed E-state index contributed by atoms with van der Waals surface area (Å²) in [4.78, 5) is 14.9. The van der Waals surface area contributed by atoms with Crippen LogP contribution in [0.3, 0.4) is 0 Å². The average molecular weight is 373 g/mol. The summed E-state index contributed by atoms with van der Waals surface area (Å²) in [7, 11) is 0. The number of carbonyl (C=O) groups excluding carboxylic acids is 1. The highest BCUT2D eigenvalue weighted by Crippen LogP contribution is 2.27. The number of hydrogen-bond donors (Lipinski definition) is 0. The minimum atomic E-state index is 0.210. The summed E-state index contributed by atoms with van der Waals surface area (Å²) in [5.41, 5.74) is 1.06. The van der Waals surface area contributed by atoms with Gasteiger partial charge in [-0.05, 0) is 39.5 Å². The molecule has 1 aliphatic rings. The zero-order chi connectivity index (χ0) is 18.5. The van der Waals surface area contributed by atoms with Crippen molar-refractivity contribution >= 4 is 17.7 Å². The second-order valence-corrected chi connectivity index (χ2v) is 7.98. The molecule has 0 N–H and O–H groups in total. The van der Waals surface area contributed by atoms with E-state index in [-0.39, 0.29) is 5.91 Å². The standard InChI is InChI=1S/C20H28N4OS/c1-4-13-23-19(17-11-6-5-7-12-17)21-22-20(23)26-14-18(25)24-15(2)9-8-10-16(24)3/h5-7,11-12,15-16H,4,8-10,13-14H2,1-3H3/t15-,16-/m0/s1. The molecule has 1 amide bonds. The smallest absolute Gasteiger partial charge is 0.233 e. The predicted octanol–water partition coefficient (Wildman–Crippen LogP) is 4.24. The van der Waals surface area contributed by atoms with E-state index >= 15 is 0 Å². The van der Waals surface area contributed by atoms with Gasteiger partial charge in [0.2, 0.25) is 5.91 Å². The third-order valence-corrected chi connectivity index (χ3v) is 5.95. The van der Waals surface area contributed by atoms with Crippen molar-refractivity contribution in [1.82, 2.24) is 19.7 Å². The molecule has 140 valence electrons. The molecule has 1 aliphatic heterocycles. The summed E-state index contributed by atoms with van der Waals surface area (Å²) < 4.78 is 2.14. The van der Waals surface area contributed by atoms with Gasteiger partial charge in [-0.1, -0.05) is 49.0 Å². The molecular weight excluding hydrogens is 344 g/mol. The first-order valence-corrected chi connectivity index (χ1v) is 10.5. The van der Waals surface area contributed by atoms with E-state index in [1.807, 2.05) is 30.3 Å². The van der Waals surface area contributed by atoms with Crippen LogP contribution in [0.25, 0.3) is 11.4 Å². The third kappa shape index (κ3) is 4.11. The molecule has 0 unspecified atom stereocenters. The summed E-state index contributed by atoms with van der Waals surface area (Å²) in [6.45, 7) is 7.31. The number of likely N-dealkylation sites (tertiary alicyclic amines) is 1. The van der Waals surface area contributed by atoms with Crippen molar-refractivity contribution in [2.24, 2.45) is 0 Å². The summed E-state index contributed by atoms with van der Waals surface area (Å²) >= 11 is 1.51. The molecule has 0 bridgehead atoms. The number of benzene rings is 1. The van der Waals surface area contributed by atoms with Crippen LogP contribution < -0.4 is 0 Å². The zero-order valence-corrected chi connectivity index (χ0v) is 16.7. The van der Waals surface area contributed by atoms with Gasteiger partial charge in [-0.2, -0.15) is 0 Å². The number of rotatable bonds is 6. The largest absolute Gasteiger partial charge is 0.337 e. The maximum absolute atomic E-state index is 12.8. The molecule has 3 rings (SSSR count). The lowest BCUT2D eigenvalue weighted by Gasteiger charge is -2.39. The first-order chi connectivity index (χ1) is 12.6. The Balaban J connectivity index is 1.73. The molecule has 2 heterocycles. The summed E-state index contributed by atoms with van der Waals surface area (Å²) in [6.07, 6.45) is 4.42. The number of amides is 1. The Kier molecular flexibility index (Phi) is 6.35. The summed E-state index contributed by atoms with van der Waals surface area (Å²) in [6, 6.07) is 10.8. The zero-order valence-electron chi connectivity index (χ0n) is 15.9. The fourth-order valence-electron chi connectivity index (χ4n) is 3.74. The normalized spacial score (nSPS) is 20.3. The fraction of sp³-hybridized carbons (Fsp3) is 0.550. The van der Waals surface area contributed by atoms with Crippen molar-refractivity contribution in [3.8, 4) is 11.4 Å². The molecule has 1 aromatic heterocycles. The van der Waals surface area contributed by atoms with Crippen molar-refractivity contribution < 1.29 is 4.79 Å². The van der Waals surface area contributed by atoms with Gasteiger partial charge in [-0.15, -0.1) is 10.2 Å². The number of piperidine rings is 1. The maximum Gasteiger partial charge on any atom is 0.233 e. The van der Waals surface area contributed by atoms with Gasteiger partial charge in [-0.3, -0.25) is 4.79 Å². The lowest BCUT2D eigenvalue weighted by atomic mass is 9.98. The number of aromatic nitrogens is 3. The molecule has 0 radical (unpaired) electrons. The molecule has 1 fully saturated rings. The van der Waals surface area contributed by atoms with E-state index in [2.05, 4.69) is 40.4 Å². The molecular formula is C20H28N4OS. The average Bonchev–Trinajstić information content (AvgIpc) is 3.03. The molecule has 26 heavy (non-hydrogen) atoms. The van der Waals surface area contributed by atoms with Gasteiger partial charge in [0, 0.05) is 24.2 Å². The van der Waals surface area contributed by atoms with Crippen LogP contribution in [0.15, 0.2) is 35.5 Å². The van der Waals surface area contributed by atoms with Crippen LogP contribution in [0.4, 0.5) is 0 Å². The van der Waals surface area contributed by atoms with Crippen molar-refractivity contribution in [1.29, 1.82) is 0 Å². The molecule has 1 aromatic carbocycles. The second-order valence-electron chi connectivity index (χ2n) is 7.04. The van der Waals surface area contributed by atoms with Gasteiger partial charge >= 0.3 is 0 Å². The Bertz CT molecular complexity index is 721. The Morgan fingerprint density at radius 3 is 2.50 bits per heavy atom. The molecule has 2 aromatic rings. The minimum Gasteiger partial charge on any atom is -0.337 e. The van der Waals surface area contributed by atoms with E-state index in [1.165, 1.54) is 18.2 Å². The lowest BCUT2D eigenvalue weighted by molar-refractivity contribution is -0.134. The number of hydrogen-bond acceptors (Lipinski definition) is 4. The van der Waals surface area contributed by atoms with E-state index in [0.29, 0.717) is 17.8 Å². The van der Waals surface area contributed by atoms with E-state index in [1.54, 1.807) is 0 Å². The van der Waals surface area contributed by atoms with Gasteiger partial charge in [-0.25, -0.2) is 0 Å². The van der Waals surface area contributed by atoms with Crippen LogP contribution >= 0.6 is 11.8 Å². The van der Waals surface area contributed by atoms with Crippen LogP contribution in [0, 0.1) is 0 Å².